The topological polar surface area (TPSA) is 43.1 Å². The van der Waals surface area contributed by atoms with Crippen molar-refractivity contribution in [1.29, 1.82) is 0 Å². The van der Waals surface area contributed by atoms with Gasteiger partial charge in [-0.3, -0.25) is 10.1 Å². The number of nitro benzene ring substituents is 1. The van der Waals surface area contributed by atoms with Gasteiger partial charge < -0.3 is 0 Å². The molecule has 0 spiro atoms. The summed E-state index contributed by atoms with van der Waals surface area (Å²) in [6.45, 7) is 2.17. The van der Waals surface area contributed by atoms with E-state index in [0.717, 1.165) is 18.4 Å². The van der Waals surface area contributed by atoms with Crippen molar-refractivity contribution in [3.63, 3.8) is 0 Å². The molecule has 1 aliphatic rings. The van der Waals surface area contributed by atoms with Gasteiger partial charge in [0, 0.05) is 12.1 Å². The number of allylic oxidation sites excluding steroid dienone is 2. The summed E-state index contributed by atoms with van der Waals surface area (Å²) in [5.41, 5.74) is 6.71. The Kier molecular flexibility index (Phi) is 3.11. The number of fused-ring (bicyclic) bond motifs is 1. The van der Waals surface area contributed by atoms with Crippen molar-refractivity contribution in [3.8, 4) is 0 Å². The number of hydrogen-bond donors (Lipinski definition) is 0. The number of hydrogen-bond acceptors (Lipinski definition) is 2. The zero-order valence-electron chi connectivity index (χ0n) is 11.3. The van der Waals surface area contributed by atoms with Crippen LogP contribution in [0.5, 0.6) is 0 Å². The van der Waals surface area contributed by atoms with Crippen molar-refractivity contribution < 1.29 is 4.92 Å². The van der Waals surface area contributed by atoms with Gasteiger partial charge in [-0.2, -0.15) is 0 Å². The van der Waals surface area contributed by atoms with Crippen LogP contribution in [0.3, 0.4) is 0 Å². The zero-order valence-corrected chi connectivity index (χ0v) is 11.3. The Morgan fingerprint density at radius 3 is 2.50 bits per heavy atom. The SMILES string of the molecule is CC1=C(Cc2ccc([N+](=O)[O-])cc2)c2ccccc2C1. The minimum atomic E-state index is -0.362. The average Bonchev–Trinajstić information content (AvgIpc) is 2.76. The molecule has 0 radical (unpaired) electrons. The van der Waals surface area contributed by atoms with E-state index < -0.39 is 0 Å². The highest BCUT2D eigenvalue weighted by Gasteiger charge is 2.18. The Bertz CT molecular complexity index is 699. The van der Waals surface area contributed by atoms with Crippen molar-refractivity contribution in [2.75, 3.05) is 0 Å². The molecular formula is C17H15NO2. The van der Waals surface area contributed by atoms with Crippen LogP contribution in [0.15, 0.2) is 54.1 Å². The molecule has 100 valence electrons. The second-order valence-corrected chi connectivity index (χ2v) is 5.19. The normalized spacial score (nSPS) is 13.4. The summed E-state index contributed by atoms with van der Waals surface area (Å²) >= 11 is 0. The van der Waals surface area contributed by atoms with E-state index in [4.69, 9.17) is 0 Å². The molecule has 2 aromatic carbocycles. The van der Waals surface area contributed by atoms with Crippen molar-refractivity contribution >= 4 is 11.3 Å². The first-order valence-electron chi connectivity index (χ1n) is 6.65. The second-order valence-electron chi connectivity index (χ2n) is 5.19. The molecule has 3 nitrogen and oxygen atoms in total. The summed E-state index contributed by atoms with van der Waals surface area (Å²) in [5.74, 6) is 0. The molecule has 3 rings (SSSR count). The third-order valence-electron chi connectivity index (χ3n) is 3.84. The van der Waals surface area contributed by atoms with Gasteiger partial charge in [-0.05, 0) is 42.0 Å². The van der Waals surface area contributed by atoms with E-state index in [-0.39, 0.29) is 10.6 Å². The van der Waals surface area contributed by atoms with Gasteiger partial charge in [0.2, 0.25) is 0 Å². The number of rotatable bonds is 3. The Hall–Kier alpha value is -2.42. The van der Waals surface area contributed by atoms with Crippen LogP contribution >= 0.6 is 0 Å². The molecule has 0 bridgehead atoms. The van der Waals surface area contributed by atoms with E-state index in [9.17, 15) is 10.1 Å². The van der Waals surface area contributed by atoms with Crippen LogP contribution in [0.2, 0.25) is 0 Å². The predicted molar refractivity (Wildman–Crippen MR) is 79.5 cm³/mol. The fourth-order valence-corrected chi connectivity index (χ4v) is 2.78. The fraction of sp³-hybridized carbons (Fsp3) is 0.176. The van der Waals surface area contributed by atoms with Gasteiger partial charge in [-0.1, -0.05) is 42.0 Å². The highest BCUT2D eigenvalue weighted by atomic mass is 16.6. The Morgan fingerprint density at radius 1 is 1.10 bits per heavy atom. The lowest BCUT2D eigenvalue weighted by molar-refractivity contribution is -0.384. The molecule has 0 fully saturated rings. The highest BCUT2D eigenvalue weighted by Crippen LogP contribution is 2.34. The van der Waals surface area contributed by atoms with E-state index in [2.05, 4.69) is 31.2 Å². The Labute approximate surface area is 117 Å². The van der Waals surface area contributed by atoms with Gasteiger partial charge in [0.25, 0.3) is 5.69 Å². The molecular weight excluding hydrogens is 250 g/mol. The summed E-state index contributed by atoms with van der Waals surface area (Å²) in [5, 5.41) is 10.7. The Balaban J connectivity index is 1.88. The van der Waals surface area contributed by atoms with Crippen LogP contribution in [0.25, 0.3) is 5.57 Å². The van der Waals surface area contributed by atoms with E-state index in [1.807, 2.05) is 12.1 Å². The molecule has 1 aliphatic carbocycles. The molecule has 2 aromatic rings. The summed E-state index contributed by atoms with van der Waals surface area (Å²) in [7, 11) is 0. The van der Waals surface area contributed by atoms with Gasteiger partial charge in [0.05, 0.1) is 4.92 Å². The maximum absolute atomic E-state index is 10.7. The van der Waals surface area contributed by atoms with Gasteiger partial charge >= 0.3 is 0 Å². The minimum Gasteiger partial charge on any atom is -0.258 e. The smallest absolute Gasteiger partial charge is 0.258 e. The molecule has 0 amide bonds. The fourth-order valence-electron chi connectivity index (χ4n) is 2.78. The minimum absolute atomic E-state index is 0.145. The lowest BCUT2D eigenvalue weighted by Gasteiger charge is -2.07. The monoisotopic (exact) mass is 265 g/mol. The van der Waals surface area contributed by atoms with E-state index in [1.165, 1.54) is 22.3 Å². The standard InChI is InChI=1S/C17H15NO2/c1-12-10-14-4-2-3-5-16(14)17(12)11-13-6-8-15(9-7-13)18(19)20/h2-9H,10-11H2,1H3. The maximum atomic E-state index is 10.7. The lowest BCUT2D eigenvalue weighted by Crippen LogP contribution is -1.92. The average molecular weight is 265 g/mol. The van der Waals surface area contributed by atoms with Crippen molar-refractivity contribution in [2.45, 2.75) is 19.8 Å². The molecule has 0 saturated carbocycles. The van der Waals surface area contributed by atoms with Crippen LogP contribution in [-0.4, -0.2) is 4.92 Å². The maximum Gasteiger partial charge on any atom is 0.269 e. The first-order chi connectivity index (χ1) is 9.65. The van der Waals surface area contributed by atoms with Crippen LogP contribution < -0.4 is 0 Å². The van der Waals surface area contributed by atoms with Gasteiger partial charge in [0.15, 0.2) is 0 Å². The Morgan fingerprint density at radius 2 is 1.80 bits per heavy atom. The molecule has 0 unspecified atom stereocenters. The highest BCUT2D eigenvalue weighted by molar-refractivity contribution is 5.77. The van der Waals surface area contributed by atoms with E-state index in [0.29, 0.717) is 0 Å². The predicted octanol–water partition coefficient (Wildman–Crippen LogP) is 4.17. The van der Waals surface area contributed by atoms with Crippen molar-refractivity contribution in [1.82, 2.24) is 0 Å². The number of non-ortho nitro benzene ring substituents is 1. The summed E-state index contributed by atoms with van der Waals surface area (Å²) in [4.78, 5) is 10.3. The first-order valence-corrected chi connectivity index (χ1v) is 6.65. The lowest BCUT2D eigenvalue weighted by atomic mass is 9.98. The molecule has 0 heterocycles. The number of nitrogens with zero attached hydrogens (tertiary/aromatic N) is 1. The number of nitro groups is 1. The zero-order chi connectivity index (χ0) is 14.1. The molecule has 3 heteroatoms. The van der Waals surface area contributed by atoms with Crippen LogP contribution in [0.4, 0.5) is 5.69 Å². The van der Waals surface area contributed by atoms with Crippen LogP contribution in [-0.2, 0) is 12.8 Å². The quantitative estimate of drug-likeness (QED) is 0.617. The number of benzene rings is 2. The van der Waals surface area contributed by atoms with Gasteiger partial charge in [0.1, 0.15) is 0 Å². The van der Waals surface area contributed by atoms with Crippen molar-refractivity contribution in [3.05, 3.63) is 80.9 Å². The molecule has 0 N–H and O–H groups in total. The first kappa shape index (κ1) is 12.6. The summed E-state index contributed by atoms with van der Waals surface area (Å²) in [6.07, 6.45) is 1.85. The van der Waals surface area contributed by atoms with Gasteiger partial charge in [-0.15, -0.1) is 0 Å². The molecule has 0 saturated heterocycles. The van der Waals surface area contributed by atoms with E-state index in [1.54, 1.807) is 12.1 Å². The van der Waals surface area contributed by atoms with Gasteiger partial charge in [-0.25, -0.2) is 0 Å². The summed E-state index contributed by atoms with van der Waals surface area (Å²) < 4.78 is 0. The molecule has 0 atom stereocenters. The third-order valence-corrected chi connectivity index (χ3v) is 3.84. The molecule has 0 aromatic heterocycles. The third kappa shape index (κ3) is 2.23. The molecule has 20 heavy (non-hydrogen) atoms. The largest absolute Gasteiger partial charge is 0.269 e. The van der Waals surface area contributed by atoms with E-state index >= 15 is 0 Å². The van der Waals surface area contributed by atoms with Crippen LogP contribution in [0, 0.1) is 10.1 Å². The summed E-state index contributed by atoms with van der Waals surface area (Å²) in [6, 6.07) is 15.3. The van der Waals surface area contributed by atoms with Crippen molar-refractivity contribution in [2.24, 2.45) is 0 Å². The van der Waals surface area contributed by atoms with Crippen LogP contribution in [0.1, 0.15) is 23.6 Å². The molecule has 0 aliphatic heterocycles. The second kappa shape index (κ2) is 4.93.